The van der Waals surface area contributed by atoms with Crippen LogP contribution < -0.4 is 16.4 Å². The SMILES string of the molecule is NCC(=O)NCC(=O)NCC1(c2cccc(C(F)(F)F)c2)CCC1. The maximum Gasteiger partial charge on any atom is 0.416 e. The molecule has 1 aliphatic carbocycles. The molecule has 0 unspecified atom stereocenters. The van der Waals surface area contributed by atoms with Crippen LogP contribution in [0.2, 0.25) is 0 Å². The molecule has 1 saturated carbocycles. The lowest BCUT2D eigenvalue weighted by atomic mass is 9.64. The molecule has 2 amide bonds. The van der Waals surface area contributed by atoms with Gasteiger partial charge in [-0.25, -0.2) is 0 Å². The third-order valence-corrected chi connectivity index (χ3v) is 4.37. The highest BCUT2D eigenvalue weighted by molar-refractivity contribution is 5.85. The van der Waals surface area contributed by atoms with Gasteiger partial charge in [-0.05, 0) is 24.5 Å². The summed E-state index contributed by atoms with van der Waals surface area (Å²) < 4.78 is 38.6. The van der Waals surface area contributed by atoms with Crippen molar-refractivity contribution in [2.75, 3.05) is 19.6 Å². The standard InChI is InChI=1S/C16H20F3N3O2/c17-16(18,19)12-4-1-3-11(7-12)15(5-2-6-15)10-22-14(24)9-21-13(23)8-20/h1,3-4,7H,2,5-6,8-10,20H2,(H,21,23)(H,22,24). The molecule has 8 heteroatoms. The van der Waals surface area contributed by atoms with Gasteiger partial charge in [0.05, 0.1) is 18.7 Å². The Morgan fingerprint density at radius 3 is 2.42 bits per heavy atom. The Kier molecular flexibility index (Phi) is 5.48. The predicted octanol–water partition coefficient (Wildman–Crippen LogP) is 1.32. The third-order valence-electron chi connectivity index (χ3n) is 4.37. The number of amides is 2. The number of halogens is 3. The second-order valence-electron chi connectivity index (χ2n) is 5.97. The lowest BCUT2D eigenvalue weighted by Gasteiger charge is -2.43. The molecule has 1 aliphatic rings. The highest BCUT2D eigenvalue weighted by Crippen LogP contribution is 2.44. The van der Waals surface area contributed by atoms with Crippen molar-refractivity contribution in [1.29, 1.82) is 0 Å². The first-order valence-corrected chi connectivity index (χ1v) is 7.68. The molecule has 0 bridgehead atoms. The molecule has 0 heterocycles. The molecule has 0 spiro atoms. The molecule has 0 atom stereocenters. The van der Waals surface area contributed by atoms with Crippen LogP contribution in [0, 0.1) is 0 Å². The second-order valence-corrected chi connectivity index (χ2v) is 5.97. The number of hydrogen-bond acceptors (Lipinski definition) is 3. The van der Waals surface area contributed by atoms with Gasteiger partial charge >= 0.3 is 6.18 Å². The van der Waals surface area contributed by atoms with Gasteiger partial charge < -0.3 is 16.4 Å². The van der Waals surface area contributed by atoms with E-state index in [-0.39, 0.29) is 19.6 Å². The van der Waals surface area contributed by atoms with Crippen LogP contribution >= 0.6 is 0 Å². The number of benzene rings is 1. The van der Waals surface area contributed by atoms with Crippen LogP contribution in [0.3, 0.4) is 0 Å². The van der Waals surface area contributed by atoms with E-state index in [9.17, 15) is 22.8 Å². The Balaban J connectivity index is 2.02. The molecule has 5 nitrogen and oxygen atoms in total. The van der Waals surface area contributed by atoms with Gasteiger partial charge in [-0.2, -0.15) is 13.2 Å². The molecule has 1 aromatic rings. The number of carbonyl (C=O) groups is 2. The first-order chi connectivity index (χ1) is 11.3. The molecular formula is C16H20F3N3O2. The minimum Gasteiger partial charge on any atom is -0.354 e. The van der Waals surface area contributed by atoms with Gasteiger partial charge in [0.2, 0.25) is 11.8 Å². The third kappa shape index (κ3) is 4.25. The molecule has 0 aliphatic heterocycles. The molecule has 132 valence electrons. The Hall–Kier alpha value is -2.09. The van der Waals surface area contributed by atoms with E-state index in [4.69, 9.17) is 5.73 Å². The van der Waals surface area contributed by atoms with E-state index in [2.05, 4.69) is 10.6 Å². The van der Waals surface area contributed by atoms with Crippen LogP contribution in [0.5, 0.6) is 0 Å². The summed E-state index contributed by atoms with van der Waals surface area (Å²) in [6.45, 7) is -0.165. The highest BCUT2D eigenvalue weighted by atomic mass is 19.4. The topological polar surface area (TPSA) is 84.2 Å². The zero-order valence-electron chi connectivity index (χ0n) is 13.1. The van der Waals surface area contributed by atoms with Crippen LogP contribution in [0.15, 0.2) is 24.3 Å². The number of rotatable bonds is 6. The van der Waals surface area contributed by atoms with E-state index in [1.54, 1.807) is 6.07 Å². The monoisotopic (exact) mass is 343 g/mol. The summed E-state index contributed by atoms with van der Waals surface area (Å²) in [5.41, 5.74) is 4.54. The van der Waals surface area contributed by atoms with Crippen LogP contribution in [0.4, 0.5) is 13.2 Å². The van der Waals surface area contributed by atoms with E-state index in [1.165, 1.54) is 6.07 Å². The number of alkyl halides is 3. The molecule has 24 heavy (non-hydrogen) atoms. The first kappa shape index (κ1) is 18.3. The van der Waals surface area contributed by atoms with Crippen molar-refractivity contribution in [3.05, 3.63) is 35.4 Å². The number of hydrogen-bond donors (Lipinski definition) is 3. The zero-order valence-corrected chi connectivity index (χ0v) is 13.1. The molecule has 2 rings (SSSR count). The fourth-order valence-electron chi connectivity index (χ4n) is 2.78. The largest absolute Gasteiger partial charge is 0.416 e. The molecular weight excluding hydrogens is 323 g/mol. The average molecular weight is 343 g/mol. The van der Waals surface area contributed by atoms with Gasteiger partial charge in [0, 0.05) is 12.0 Å². The van der Waals surface area contributed by atoms with Crippen LogP contribution in [0.25, 0.3) is 0 Å². The normalized spacial score (nSPS) is 16.2. The fraction of sp³-hybridized carbons (Fsp3) is 0.500. The summed E-state index contributed by atoms with van der Waals surface area (Å²) >= 11 is 0. The summed E-state index contributed by atoms with van der Waals surface area (Å²) in [6.07, 6.45) is -2.07. The fourth-order valence-corrected chi connectivity index (χ4v) is 2.78. The molecule has 0 saturated heterocycles. The Morgan fingerprint density at radius 2 is 1.88 bits per heavy atom. The van der Waals surface area contributed by atoms with Gasteiger partial charge in [0.1, 0.15) is 0 Å². The highest BCUT2D eigenvalue weighted by Gasteiger charge is 2.40. The Bertz CT molecular complexity index is 613. The van der Waals surface area contributed by atoms with E-state index in [1.807, 2.05) is 0 Å². The first-order valence-electron chi connectivity index (χ1n) is 7.68. The maximum absolute atomic E-state index is 12.9. The van der Waals surface area contributed by atoms with Crippen molar-refractivity contribution >= 4 is 11.8 Å². The van der Waals surface area contributed by atoms with Gasteiger partial charge in [0.25, 0.3) is 0 Å². The van der Waals surface area contributed by atoms with E-state index in [0.717, 1.165) is 18.6 Å². The van der Waals surface area contributed by atoms with Crippen LogP contribution in [-0.4, -0.2) is 31.4 Å². The summed E-state index contributed by atoms with van der Waals surface area (Å²) in [5, 5.41) is 5.03. The average Bonchev–Trinajstić information content (AvgIpc) is 2.51. The van der Waals surface area contributed by atoms with Crippen molar-refractivity contribution in [2.24, 2.45) is 5.73 Å². The smallest absolute Gasteiger partial charge is 0.354 e. The van der Waals surface area contributed by atoms with Gasteiger partial charge in [0.15, 0.2) is 0 Å². The van der Waals surface area contributed by atoms with Crippen molar-refractivity contribution in [3.8, 4) is 0 Å². The summed E-state index contributed by atoms with van der Waals surface area (Å²) in [5.74, 6) is -0.837. The van der Waals surface area contributed by atoms with Crippen molar-refractivity contribution in [3.63, 3.8) is 0 Å². The van der Waals surface area contributed by atoms with Gasteiger partial charge in [-0.15, -0.1) is 0 Å². The Labute approximate surface area is 137 Å². The van der Waals surface area contributed by atoms with Gasteiger partial charge in [-0.3, -0.25) is 9.59 Å². The Morgan fingerprint density at radius 1 is 1.17 bits per heavy atom. The summed E-state index contributed by atoms with van der Waals surface area (Å²) in [7, 11) is 0. The van der Waals surface area contributed by atoms with E-state index < -0.39 is 29.0 Å². The van der Waals surface area contributed by atoms with E-state index >= 15 is 0 Å². The lowest BCUT2D eigenvalue weighted by molar-refractivity contribution is -0.137. The number of carbonyl (C=O) groups excluding carboxylic acids is 2. The van der Waals surface area contributed by atoms with Crippen molar-refractivity contribution in [2.45, 2.75) is 30.9 Å². The molecule has 4 N–H and O–H groups in total. The molecule has 1 fully saturated rings. The number of nitrogens with one attached hydrogen (secondary N) is 2. The lowest BCUT2D eigenvalue weighted by Crippen LogP contribution is -2.48. The van der Waals surface area contributed by atoms with Gasteiger partial charge in [-0.1, -0.05) is 24.6 Å². The second kappa shape index (κ2) is 7.21. The van der Waals surface area contributed by atoms with Crippen molar-refractivity contribution < 1.29 is 22.8 Å². The molecule has 0 aromatic heterocycles. The predicted molar refractivity (Wildman–Crippen MR) is 82.0 cm³/mol. The molecule has 1 aromatic carbocycles. The maximum atomic E-state index is 12.9. The quantitative estimate of drug-likeness (QED) is 0.728. The molecule has 0 radical (unpaired) electrons. The van der Waals surface area contributed by atoms with E-state index in [0.29, 0.717) is 18.4 Å². The van der Waals surface area contributed by atoms with Crippen LogP contribution in [0.1, 0.15) is 30.4 Å². The number of nitrogens with two attached hydrogens (primary N) is 1. The van der Waals surface area contributed by atoms with Crippen molar-refractivity contribution in [1.82, 2.24) is 10.6 Å². The minimum absolute atomic E-state index is 0.200. The zero-order chi connectivity index (χ0) is 17.8. The summed E-state index contributed by atoms with van der Waals surface area (Å²) in [6, 6.07) is 5.25. The minimum atomic E-state index is -4.39. The van der Waals surface area contributed by atoms with Crippen LogP contribution in [-0.2, 0) is 21.2 Å². The summed E-state index contributed by atoms with van der Waals surface area (Å²) in [4.78, 5) is 22.8.